The third kappa shape index (κ3) is 6.17. The monoisotopic (exact) mass is 730 g/mol. The van der Waals surface area contributed by atoms with Crippen LogP contribution in [0.5, 0.6) is 5.75 Å². The number of piperidine rings is 1. The summed E-state index contributed by atoms with van der Waals surface area (Å²) in [6, 6.07) is 14.0. The highest BCUT2D eigenvalue weighted by Gasteiger charge is 2.41. The summed E-state index contributed by atoms with van der Waals surface area (Å²) >= 11 is 0. The molecule has 0 saturated carbocycles. The highest BCUT2D eigenvalue weighted by Crippen LogP contribution is 2.42. The molecule has 3 heterocycles. The molecule has 0 aromatic heterocycles. The van der Waals surface area contributed by atoms with E-state index in [2.05, 4.69) is 16.0 Å². The zero-order valence-electron chi connectivity index (χ0n) is 28.0. The maximum absolute atomic E-state index is 15.7. The molecule has 7 rings (SSSR count). The summed E-state index contributed by atoms with van der Waals surface area (Å²) in [4.78, 5) is 63.9. The van der Waals surface area contributed by atoms with Gasteiger partial charge in [0.05, 0.1) is 11.7 Å². The Balaban J connectivity index is 1.02. The minimum atomic E-state index is -4.36. The molecule has 52 heavy (non-hydrogen) atoms. The molecular weight excluding hydrogens is 695 g/mol. The summed E-state index contributed by atoms with van der Waals surface area (Å²) in [5.41, 5.74) is 2.20. The van der Waals surface area contributed by atoms with E-state index in [9.17, 15) is 37.5 Å². The van der Waals surface area contributed by atoms with Crippen LogP contribution in [0.1, 0.15) is 47.2 Å². The first-order chi connectivity index (χ1) is 24.9. The highest BCUT2D eigenvalue weighted by atomic mass is 32.2. The molecule has 0 spiro atoms. The van der Waals surface area contributed by atoms with Crippen molar-refractivity contribution in [1.29, 1.82) is 0 Å². The van der Waals surface area contributed by atoms with Crippen molar-refractivity contribution >= 4 is 72.7 Å². The van der Waals surface area contributed by atoms with Crippen molar-refractivity contribution < 1.29 is 41.9 Å². The van der Waals surface area contributed by atoms with Gasteiger partial charge in [-0.25, -0.2) is 13.4 Å². The number of fused-ring (bicyclic) bond motifs is 1. The lowest BCUT2D eigenvalue weighted by atomic mass is 9.97. The van der Waals surface area contributed by atoms with E-state index in [0.29, 0.717) is 58.7 Å². The maximum Gasteiger partial charge on any atom is 0.326 e. The van der Waals surface area contributed by atoms with Crippen molar-refractivity contribution in [2.75, 3.05) is 29.3 Å². The van der Waals surface area contributed by atoms with Crippen LogP contribution in [0.3, 0.4) is 0 Å². The number of nitrogens with zero attached hydrogens (tertiary/aromatic N) is 2. The maximum atomic E-state index is 15.7. The minimum absolute atomic E-state index is 0.0524. The number of rotatable bonds is 11. The average molecular weight is 731 g/mol. The molecule has 2 atom stereocenters. The Morgan fingerprint density at radius 2 is 1.85 bits per heavy atom. The molecule has 4 aromatic rings. The fourth-order valence-corrected chi connectivity index (χ4v) is 8.47. The zero-order valence-corrected chi connectivity index (χ0v) is 28.8. The highest BCUT2D eigenvalue weighted by molar-refractivity contribution is 7.92. The summed E-state index contributed by atoms with van der Waals surface area (Å²) < 4.78 is 42.7. The quantitative estimate of drug-likeness (QED) is 0.113. The van der Waals surface area contributed by atoms with E-state index in [0.717, 1.165) is 16.3 Å². The van der Waals surface area contributed by atoms with Gasteiger partial charge in [0.2, 0.25) is 17.7 Å². The van der Waals surface area contributed by atoms with E-state index < -0.39 is 57.9 Å². The lowest BCUT2D eigenvalue weighted by Gasteiger charge is -2.30. The van der Waals surface area contributed by atoms with Crippen LogP contribution in [0, 0.1) is 5.82 Å². The molecule has 16 heteroatoms. The number of amides is 5. The topological polar surface area (TPSA) is 194 Å². The summed E-state index contributed by atoms with van der Waals surface area (Å²) in [6.45, 7) is -0.183. The molecule has 5 N–H and O–H groups in total. The zero-order chi connectivity index (χ0) is 36.9. The molecule has 5 amide bonds. The Kier molecular flexibility index (Phi) is 9.04. The molecule has 3 aliphatic heterocycles. The number of benzene rings is 4. The smallest absolute Gasteiger partial charge is 0.326 e. The number of halogens is 1. The minimum Gasteiger partial charge on any atom is -0.506 e. The van der Waals surface area contributed by atoms with Gasteiger partial charge in [-0.1, -0.05) is 30.3 Å². The van der Waals surface area contributed by atoms with Gasteiger partial charge in [-0.15, -0.1) is 0 Å². The molecule has 0 bridgehead atoms. The Morgan fingerprint density at radius 1 is 1.04 bits per heavy atom. The van der Waals surface area contributed by atoms with E-state index in [1.807, 2.05) is 24.3 Å². The van der Waals surface area contributed by atoms with Crippen molar-refractivity contribution in [3.63, 3.8) is 0 Å². The van der Waals surface area contributed by atoms with E-state index in [1.54, 1.807) is 22.9 Å². The Morgan fingerprint density at radius 3 is 2.58 bits per heavy atom. The first-order valence-corrected chi connectivity index (χ1v) is 18.3. The number of carbonyl (C=O) groups excluding carboxylic acids is 5. The van der Waals surface area contributed by atoms with E-state index in [1.165, 1.54) is 24.1 Å². The largest absolute Gasteiger partial charge is 0.506 e. The third-order valence-corrected chi connectivity index (χ3v) is 11.2. The molecule has 0 radical (unpaired) electrons. The number of anilines is 2. The lowest BCUT2D eigenvalue weighted by molar-refractivity contribution is -0.134. The van der Waals surface area contributed by atoms with Crippen molar-refractivity contribution in [2.45, 2.75) is 50.6 Å². The van der Waals surface area contributed by atoms with Gasteiger partial charge in [0.1, 0.15) is 24.0 Å². The molecule has 2 unspecified atom stereocenters. The number of likely N-dealkylation sites (N-methyl/N-ethyl adjacent to an activating group) is 1. The summed E-state index contributed by atoms with van der Waals surface area (Å²) in [7, 11) is -2.82. The Labute approximate surface area is 297 Å². The fraction of sp³-hybridized carbons (Fsp3) is 0.306. The lowest BCUT2D eigenvalue weighted by Crippen LogP contribution is -2.53. The van der Waals surface area contributed by atoms with Crippen molar-refractivity contribution in [1.82, 2.24) is 20.7 Å². The number of carbonyl (C=O) groups is 5. The van der Waals surface area contributed by atoms with E-state index >= 15 is 4.39 Å². The number of hydrogen-bond donors (Lipinski definition) is 5. The van der Waals surface area contributed by atoms with Crippen molar-refractivity contribution in [2.24, 2.45) is 0 Å². The molecule has 2 fully saturated rings. The van der Waals surface area contributed by atoms with Gasteiger partial charge in [0, 0.05) is 29.8 Å². The summed E-state index contributed by atoms with van der Waals surface area (Å²) in [5.74, 6) is -3.80. The van der Waals surface area contributed by atoms with Gasteiger partial charge in [-0.2, -0.15) is 8.42 Å². The molecule has 270 valence electrons. The SMILES string of the molecule is CNC(=O)C(CCc1ccc2cc(O)c(N3CC(=O)NS3(=O)=O)c(F)c2c1)NCCCc1ccc2c3c(cccc13)C(=O)N2C1CCC(=O)NC1=O. The van der Waals surface area contributed by atoms with Crippen LogP contribution >= 0.6 is 0 Å². The summed E-state index contributed by atoms with van der Waals surface area (Å²) in [6.07, 6.45) is 2.42. The normalized spacial score (nSPS) is 18.6. The number of aromatic hydroxyl groups is 1. The van der Waals surface area contributed by atoms with Crippen LogP contribution in [-0.2, 0) is 42.2 Å². The van der Waals surface area contributed by atoms with Crippen molar-refractivity contribution in [3.8, 4) is 5.75 Å². The van der Waals surface area contributed by atoms with E-state index in [4.69, 9.17) is 0 Å². The number of phenols is 1. The van der Waals surface area contributed by atoms with Gasteiger partial charge in [0.15, 0.2) is 5.82 Å². The predicted octanol–water partition coefficient (Wildman–Crippen LogP) is 2.05. The fourth-order valence-electron chi connectivity index (χ4n) is 7.30. The number of hydrogen-bond acceptors (Lipinski definition) is 9. The average Bonchev–Trinajstić information content (AvgIpc) is 3.55. The Hall–Kier alpha value is -5.61. The van der Waals surface area contributed by atoms with Crippen LogP contribution in [0.4, 0.5) is 15.8 Å². The van der Waals surface area contributed by atoms with Crippen molar-refractivity contribution in [3.05, 3.63) is 77.1 Å². The number of aryl methyl sites for hydroxylation is 2. The predicted molar refractivity (Wildman–Crippen MR) is 189 cm³/mol. The number of nitrogens with one attached hydrogen (secondary N) is 4. The van der Waals surface area contributed by atoms with Crippen LogP contribution in [0.25, 0.3) is 21.5 Å². The van der Waals surface area contributed by atoms with Crippen LogP contribution in [-0.4, -0.2) is 75.3 Å². The van der Waals surface area contributed by atoms with Gasteiger partial charge in [-0.05, 0) is 84.8 Å². The van der Waals surface area contributed by atoms with Crippen LogP contribution in [0.15, 0.2) is 54.6 Å². The van der Waals surface area contributed by atoms with Gasteiger partial charge < -0.3 is 15.7 Å². The second kappa shape index (κ2) is 13.5. The first-order valence-electron chi connectivity index (χ1n) is 16.8. The Bertz CT molecular complexity index is 2320. The van der Waals surface area contributed by atoms with Gasteiger partial charge >= 0.3 is 10.2 Å². The third-order valence-electron chi connectivity index (χ3n) is 9.80. The summed E-state index contributed by atoms with van der Waals surface area (Å²) in [5, 5.41) is 20.8. The number of phenolic OH excluding ortho intramolecular Hbond substituents is 1. The second-order valence-electron chi connectivity index (χ2n) is 13.0. The van der Waals surface area contributed by atoms with Crippen LogP contribution < -0.4 is 29.9 Å². The first kappa shape index (κ1) is 34.8. The molecule has 14 nitrogen and oxygen atoms in total. The second-order valence-corrected chi connectivity index (χ2v) is 14.6. The molecule has 2 saturated heterocycles. The van der Waals surface area contributed by atoms with E-state index in [-0.39, 0.29) is 35.9 Å². The van der Waals surface area contributed by atoms with Crippen LogP contribution in [0.2, 0.25) is 0 Å². The molecular formula is C36H35FN6O8S. The molecule has 3 aliphatic rings. The molecule has 4 aromatic carbocycles. The van der Waals surface area contributed by atoms with Gasteiger partial charge in [0.25, 0.3) is 11.8 Å². The standard InChI is InChI=1S/C36H35FN6O8S/c1-38-34(47)25(11-8-19-7-9-21-17-28(44)33(32(37)24(21)16-19)42-18-30(46)41-52(42,50)51)39-15-3-4-20-10-12-26-31-22(20)5-2-6-23(31)36(49)43(26)27-13-14-29(45)40-35(27)48/h2,5-7,9-10,12,16-17,25,27,39,44H,3-4,8,11,13-15,18H2,1H3,(H,38,47)(H,41,46)(H,40,45,48). The number of imide groups is 1. The van der Waals surface area contributed by atoms with Gasteiger partial charge in [-0.3, -0.25) is 34.2 Å². The molecule has 0 aliphatic carbocycles.